The summed E-state index contributed by atoms with van der Waals surface area (Å²) in [6.45, 7) is 0.604. The van der Waals surface area contributed by atoms with Crippen LogP contribution in [0.25, 0.3) is 10.9 Å². The van der Waals surface area contributed by atoms with E-state index in [0.29, 0.717) is 13.0 Å². The number of rotatable bonds is 4. The molecule has 4 aromatic rings. The molecule has 0 N–H and O–H groups in total. The first-order valence-electron chi connectivity index (χ1n) is 9.58. The van der Waals surface area contributed by atoms with E-state index in [9.17, 15) is 4.79 Å². The lowest BCUT2D eigenvalue weighted by molar-refractivity contribution is 0.0708. The Kier molecular flexibility index (Phi) is 4.13. The maximum absolute atomic E-state index is 13.1. The van der Waals surface area contributed by atoms with Gasteiger partial charge in [0, 0.05) is 29.6 Å². The van der Waals surface area contributed by atoms with E-state index < -0.39 is 0 Å². The molecule has 1 amide bonds. The number of aromatic nitrogens is 1. The van der Waals surface area contributed by atoms with Crippen LogP contribution in [0.1, 0.15) is 33.2 Å². The van der Waals surface area contributed by atoms with Gasteiger partial charge in [0.25, 0.3) is 5.91 Å². The second kappa shape index (κ2) is 6.93. The van der Waals surface area contributed by atoms with Crippen molar-refractivity contribution in [1.29, 1.82) is 0 Å². The summed E-state index contributed by atoms with van der Waals surface area (Å²) in [6, 6.07) is 30.5. The molecule has 0 bridgehead atoms. The minimum atomic E-state index is -0.00225. The van der Waals surface area contributed by atoms with Crippen LogP contribution in [0, 0.1) is 0 Å². The second-order valence-corrected chi connectivity index (χ2v) is 7.22. The molecule has 0 fully saturated rings. The summed E-state index contributed by atoms with van der Waals surface area (Å²) in [5, 5.41) is 1.13. The van der Waals surface area contributed by atoms with Crippen LogP contribution >= 0.6 is 0 Å². The van der Waals surface area contributed by atoms with Crippen molar-refractivity contribution in [3.05, 3.63) is 113 Å². The molecule has 5 rings (SSSR count). The Labute approximate surface area is 164 Å². The van der Waals surface area contributed by atoms with E-state index in [1.54, 1.807) is 0 Å². The van der Waals surface area contributed by atoms with Crippen LogP contribution in [0.15, 0.2) is 91.0 Å². The molecule has 1 unspecified atom stereocenters. The molecule has 0 aliphatic carbocycles. The number of hydrogen-bond acceptors (Lipinski definition) is 2. The summed E-state index contributed by atoms with van der Waals surface area (Å²) < 4.78 is 0. The largest absolute Gasteiger partial charge is 0.327 e. The first-order chi connectivity index (χ1) is 13.8. The van der Waals surface area contributed by atoms with Crippen LogP contribution in [-0.2, 0) is 13.0 Å². The monoisotopic (exact) mass is 364 g/mol. The highest BCUT2D eigenvalue weighted by molar-refractivity contribution is 5.99. The van der Waals surface area contributed by atoms with Crippen molar-refractivity contribution in [1.82, 2.24) is 9.88 Å². The van der Waals surface area contributed by atoms with Gasteiger partial charge >= 0.3 is 0 Å². The number of pyridine rings is 1. The van der Waals surface area contributed by atoms with Gasteiger partial charge < -0.3 is 4.90 Å². The van der Waals surface area contributed by atoms with Gasteiger partial charge in [0.1, 0.15) is 0 Å². The van der Waals surface area contributed by atoms with E-state index in [-0.39, 0.29) is 11.9 Å². The Balaban J connectivity index is 1.52. The van der Waals surface area contributed by atoms with Gasteiger partial charge in [-0.1, -0.05) is 72.8 Å². The molecule has 28 heavy (non-hydrogen) atoms. The molecular weight excluding hydrogens is 344 g/mol. The van der Waals surface area contributed by atoms with E-state index in [2.05, 4.69) is 36.4 Å². The zero-order valence-corrected chi connectivity index (χ0v) is 15.5. The molecule has 0 spiro atoms. The zero-order chi connectivity index (χ0) is 18.9. The Hall–Kier alpha value is -3.46. The van der Waals surface area contributed by atoms with Crippen molar-refractivity contribution in [2.45, 2.75) is 19.0 Å². The van der Waals surface area contributed by atoms with Crippen molar-refractivity contribution in [3.8, 4) is 0 Å². The minimum Gasteiger partial charge on any atom is -0.327 e. The zero-order valence-electron chi connectivity index (χ0n) is 15.5. The Morgan fingerprint density at radius 1 is 0.786 bits per heavy atom. The fourth-order valence-electron chi connectivity index (χ4n) is 4.05. The number of fused-ring (bicyclic) bond motifs is 2. The summed E-state index contributed by atoms with van der Waals surface area (Å²) >= 11 is 0. The smallest absolute Gasteiger partial charge is 0.255 e. The highest BCUT2D eigenvalue weighted by atomic mass is 16.2. The lowest BCUT2D eigenvalue weighted by Gasteiger charge is -2.25. The van der Waals surface area contributed by atoms with Gasteiger partial charge in [-0.15, -0.1) is 0 Å². The number of amides is 1. The maximum Gasteiger partial charge on any atom is 0.255 e. The predicted octanol–water partition coefficient (Wildman–Crippen LogP) is 5.17. The van der Waals surface area contributed by atoms with Crippen molar-refractivity contribution in [2.75, 3.05) is 0 Å². The fraction of sp³-hybridized carbons (Fsp3) is 0.120. The predicted molar refractivity (Wildman–Crippen MR) is 111 cm³/mol. The molecule has 0 saturated carbocycles. The average Bonchev–Trinajstić information content (AvgIpc) is 3.00. The van der Waals surface area contributed by atoms with E-state index in [4.69, 9.17) is 4.98 Å². The third-order valence-electron chi connectivity index (χ3n) is 5.44. The summed E-state index contributed by atoms with van der Waals surface area (Å²) in [5.74, 6) is 0.102. The Bertz CT molecular complexity index is 1150. The number of benzene rings is 3. The number of hydrogen-bond donors (Lipinski definition) is 0. The molecule has 136 valence electrons. The van der Waals surface area contributed by atoms with Crippen LogP contribution in [-0.4, -0.2) is 15.8 Å². The lowest BCUT2D eigenvalue weighted by Crippen LogP contribution is -2.29. The molecule has 3 heteroatoms. The lowest BCUT2D eigenvalue weighted by atomic mass is 10.00. The van der Waals surface area contributed by atoms with Crippen LogP contribution < -0.4 is 0 Å². The van der Waals surface area contributed by atoms with Gasteiger partial charge in [0.15, 0.2) is 0 Å². The molecule has 1 aliphatic heterocycles. The van der Waals surface area contributed by atoms with Gasteiger partial charge in [-0.25, -0.2) is 0 Å². The first kappa shape index (κ1) is 16.7. The normalized spacial score (nSPS) is 15.8. The average molecular weight is 364 g/mol. The molecule has 1 aliphatic rings. The first-order valence-corrected chi connectivity index (χ1v) is 9.58. The number of carbonyl (C=O) groups is 1. The SMILES string of the molecule is O=C1c2ccccc2C(Cc2ccc3ccccc3n2)N1Cc1ccccc1. The molecule has 0 radical (unpaired) electrons. The molecule has 1 aromatic heterocycles. The molecule has 3 nitrogen and oxygen atoms in total. The minimum absolute atomic E-state index is 0.00225. The topological polar surface area (TPSA) is 33.2 Å². The molecule has 0 saturated heterocycles. The van der Waals surface area contributed by atoms with Crippen LogP contribution in [0.2, 0.25) is 0 Å². The summed E-state index contributed by atoms with van der Waals surface area (Å²) in [7, 11) is 0. The highest BCUT2D eigenvalue weighted by Gasteiger charge is 2.36. The Morgan fingerprint density at radius 2 is 1.54 bits per heavy atom. The van der Waals surface area contributed by atoms with Gasteiger partial charge in [-0.05, 0) is 29.3 Å². The number of para-hydroxylation sites is 1. The van der Waals surface area contributed by atoms with Crippen LogP contribution in [0.3, 0.4) is 0 Å². The van der Waals surface area contributed by atoms with Crippen LogP contribution in [0.4, 0.5) is 0 Å². The molecule has 1 atom stereocenters. The summed E-state index contributed by atoms with van der Waals surface area (Å²) in [4.78, 5) is 19.9. The van der Waals surface area contributed by atoms with E-state index in [1.807, 2.05) is 59.5 Å². The Morgan fingerprint density at radius 3 is 2.43 bits per heavy atom. The van der Waals surface area contributed by atoms with Gasteiger partial charge in [0.05, 0.1) is 11.6 Å². The van der Waals surface area contributed by atoms with Crippen LogP contribution in [0.5, 0.6) is 0 Å². The van der Waals surface area contributed by atoms with E-state index in [0.717, 1.165) is 33.3 Å². The van der Waals surface area contributed by atoms with Crippen molar-refractivity contribution < 1.29 is 4.79 Å². The van der Waals surface area contributed by atoms with Gasteiger partial charge in [-0.3, -0.25) is 9.78 Å². The van der Waals surface area contributed by atoms with Crippen molar-refractivity contribution in [2.24, 2.45) is 0 Å². The van der Waals surface area contributed by atoms with Gasteiger partial charge in [0.2, 0.25) is 0 Å². The standard InChI is InChI=1S/C25H20N2O/c28-25-22-12-6-5-11-21(22)24(27(25)17-18-8-2-1-3-9-18)16-20-15-14-19-10-4-7-13-23(19)26-20/h1-15,24H,16-17H2. The number of carbonyl (C=O) groups excluding carboxylic acids is 1. The van der Waals surface area contributed by atoms with Crippen molar-refractivity contribution in [3.63, 3.8) is 0 Å². The maximum atomic E-state index is 13.1. The molecular formula is C25H20N2O. The second-order valence-electron chi connectivity index (χ2n) is 7.22. The van der Waals surface area contributed by atoms with E-state index in [1.165, 1.54) is 0 Å². The quantitative estimate of drug-likeness (QED) is 0.500. The fourth-order valence-corrected chi connectivity index (χ4v) is 4.05. The summed E-state index contributed by atoms with van der Waals surface area (Å²) in [5.41, 5.74) is 5.04. The third-order valence-corrected chi connectivity index (χ3v) is 5.44. The highest BCUT2D eigenvalue weighted by Crippen LogP contribution is 2.37. The summed E-state index contributed by atoms with van der Waals surface area (Å²) in [6.07, 6.45) is 0.709. The number of nitrogens with zero attached hydrogens (tertiary/aromatic N) is 2. The third kappa shape index (κ3) is 2.95. The van der Waals surface area contributed by atoms with Crippen molar-refractivity contribution >= 4 is 16.8 Å². The molecule has 3 aromatic carbocycles. The van der Waals surface area contributed by atoms with E-state index >= 15 is 0 Å². The molecule has 2 heterocycles. The van der Waals surface area contributed by atoms with Gasteiger partial charge in [-0.2, -0.15) is 0 Å².